The van der Waals surface area contributed by atoms with Crippen molar-refractivity contribution in [1.29, 1.82) is 0 Å². The summed E-state index contributed by atoms with van der Waals surface area (Å²) < 4.78 is 19.3. The molecular weight excluding hydrogens is 249 g/mol. The standard InChI is InChI=1S/C13H8FN3O2/c14-10-3-1-9(2-4-10)11-5-6-12(19-11)13(18)17-8-15-7-16-17/h1-8H. The second-order valence-corrected chi connectivity index (χ2v) is 3.82. The van der Waals surface area contributed by atoms with Crippen LogP contribution in [-0.2, 0) is 0 Å². The second-order valence-electron chi connectivity index (χ2n) is 3.82. The van der Waals surface area contributed by atoms with Gasteiger partial charge in [0.25, 0.3) is 0 Å². The summed E-state index contributed by atoms with van der Waals surface area (Å²) in [7, 11) is 0. The average molecular weight is 257 g/mol. The molecule has 1 aromatic carbocycles. The van der Waals surface area contributed by atoms with Gasteiger partial charge in [-0.05, 0) is 36.4 Å². The van der Waals surface area contributed by atoms with E-state index in [0.717, 1.165) is 4.68 Å². The Morgan fingerprint density at radius 2 is 1.95 bits per heavy atom. The van der Waals surface area contributed by atoms with Gasteiger partial charge in [0.15, 0.2) is 5.76 Å². The van der Waals surface area contributed by atoms with E-state index in [9.17, 15) is 9.18 Å². The number of hydrogen-bond acceptors (Lipinski definition) is 4. The molecule has 0 unspecified atom stereocenters. The summed E-state index contributed by atoms with van der Waals surface area (Å²) in [6.45, 7) is 0. The third-order valence-electron chi connectivity index (χ3n) is 2.57. The predicted octanol–water partition coefficient (Wildman–Crippen LogP) is 2.37. The van der Waals surface area contributed by atoms with Crippen LogP contribution in [0.25, 0.3) is 11.3 Å². The Kier molecular flexibility index (Phi) is 2.68. The summed E-state index contributed by atoms with van der Waals surface area (Å²) >= 11 is 0. The molecule has 0 saturated heterocycles. The summed E-state index contributed by atoms with van der Waals surface area (Å²) in [6.07, 6.45) is 2.56. The highest BCUT2D eigenvalue weighted by atomic mass is 19.1. The average Bonchev–Trinajstić information content (AvgIpc) is 3.10. The Morgan fingerprint density at radius 1 is 1.16 bits per heavy atom. The van der Waals surface area contributed by atoms with E-state index in [4.69, 9.17) is 4.42 Å². The molecule has 19 heavy (non-hydrogen) atoms. The molecule has 2 heterocycles. The van der Waals surface area contributed by atoms with Gasteiger partial charge in [-0.2, -0.15) is 9.78 Å². The monoisotopic (exact) mass is 257 g/mol. The topological polar surface area (TPSA) is 60.9 Å². The van der Waals surface area contributed by atoms with Gasteiger partial charge in [0.05, 0.1) is 0 Å². The van der Waals surface area contributed by atoms with Gasteiger partial charge in [0.1, 0.15) is 24.2 Å². The summed E-state index contributed by atoms with van der Waals surface area (Å²) in [5.74, 6) is -0.103. The lowest BCUT2D eigenvalue weighted by Gasteiger charge is -1.97. The lowest BCUT2D eigenvalue weighted by molar-refractivity contribution is 0.0917. The number of halogens is 1. The first kappa shape index (κ1) is 11.3. The van der Waals surface area contributed by atoms with Crippen molar-refractivity contribution in [2.75, 3.05) is 0 Å². The molecule has 0 bridgehead atoms. The van der Waals surface area contributed by atoms with Crippen molar-refractivity contribution in [2.24, 2.45) is 0 Å². The van der Waals surface area contributed by atoms with E-state index in [2.05, 4.69) is 10.1 Å². The minimum atomic E-state index is -0.411. The number of carbonyl (C=O) groups is 1. The first-order valence-electron chi connectivity index (χ1n) is 5.49. The van der Waals surface area contributed by atoms with E-state index < -0.39 is 5.91 Å². The van der Waals surface area contributed by atoms with Crippen molar-refractivity contribution in [3.63, 3.8) is 0 Å². The van der Waals surface area contributed by atoms with Crippen LogP contribution in [0.2, 0.25) is 0 Å². The highest BCUT2D eigenvalue weighted by Gasteiger charge is 2.14. The Bertz CT molecular complexity index is 702. The van der Waals surface area contributed by atoms with Gasteiger partial charge in [0, 0.05) is 5.56 Å². The molecule has 6 heteroatoms. The van der Waals surface area contributed by atoms with Gasteiger partial charge in [-0.1, -0.05) is 0 Å². The van der Waals surface area contributed by atoms with Crippen molar-refractivity contribution in [3.05, 3.63) is 60.6 Å². The molecule has 0 N–H and O–H groups in total. The molecular formula is C13H8FN3O2. The fourth-order valence-corrected chi connectivity index (χ4v) is 1.65. The molecule has 3 aromatic rings. The molecule has 0 saturated carbocycles. The highest BCUT2D eigenvalue weighted by Crippen LogP contribution is 2.22. The Balaban J connectivity index is 1.91. The van der Waals surface area contributed by atoms with Gasteiger partial charge in [0.2, 0.25) is 0 Å². The first-order valence-corrected chi connectivity index (χ1v) is 5.49. The summed E-state index contributed by atoms with van der Waals surface area (Å²) in [4.78, 5) is 15.6. The summed E-state index contributed by atoms with van der Waals surface area (Å²) in [5, 5.41) is 3.73. The molecule has 0 aliphatic heterocycles. The summed E-state index contributed by atoms with van der Waals surface area (Å²) in [5.41, 5.74) is 0.694. The third-order valence-corrected chi connectivity index (χ3v) is 2.57. The van der Waals surface area contributed by atoms with Gasteiger partial charge in [-0.25, -0.2) is 9.37 Å². The zero-order valence-electron chi connectivity index (χ0n) is 9.65. The van der Waals surface area contributed by atoms with Crippen molar-refractivity contribution >= 4 is 5.91 Å². The minimum absolute atomic E-state index is 0.143. The van der Waals surface area contributed by atoms with E-state index in [1.165, 1.54) is 24.8 Å². The fraction of sp³-hybridized carbons (Fsp3) is 0. The Labute approximate surface area is 107 Å². The van der Waals surface area contributed by atoms with Gasteiger partial charge < -0.3 is 4.42 Å². The molecule has 5 nitrogen and oxygen atoms in total. The van der Waals surface area contributed by atoms with Crippen LogP contribution in [0.3, 0.4) is 0 Å². The minimum Gasteiger partial charge on any atom is -0.451 e. The van der Waals surface area contributed by atoms with E-state index in [1.807, 2.05) is 0 Å². The first-order chi connectivity index (χ1) is 9.24. The van der Waals surface area contributed by atoms with E-state index in [1.54, 1.807) is 24.3 Å². The normalized spacial score (nSPS) is 10.6. The zero-order valence-corrected chi connectivity index (χ0v) is 9.65. The van der Waals surface area contributed by atoms with Crippen LogP contribution in [0.5, 0.6) is 0 Å². The van der Waals surface area contributed by atoms with Crippen LogP contribution >= 0.6 is 0 Å². The van der Waals surface area contributed by atoms with Gasteiger partial charge in [-0.15, -0.1) is 0 Å². The molecule has 0 radical (unpaired) electrons. The molecule has 2 aromatic heterocycles. The largest absolute Gasteiger partial charge is 0.451 e. The molecule has 94 valence electrons. The summed E-state index contributed by atoms with van der Waals surface area (Å²) in [6, 6.07) is 9.02. The van der Waals surface area contributed by atoms with E-state index >= 15 is 0 Å². The van der Waals surface area contributed by atoms with Crippen molar-refractivity contribution in [3.8, 4) is 11.3 Å². The second kappa shape index (κ2) is 4.49. The van der Waals surface area contributed by atoms with Crippen molar-refractivity contribution < 1.29 is 13.6 Å². The molecule has 0 atom stereocenters. The lowest BCUT2D eigenvalue weighted by Crippen LogP contribution is -2.11. The van der Waals surface area contributed by atoms with E-state index in [0.29, 0.717) is 11.3 Å². The van der Waals surface area contributed by atoms with Crippen LogP contribution in [0.4, 0.5) is 4.39 Å². The van der Waals surface area contributed by atoms with Crippen molar-refractivity contribution in [2.45, 2.75) is 0 Å². The molecule has 0 aliphatic rings. The number of hydrogen-bond donors (Lipinski definition) is 0. The molecule has 0 spiro atoms. The highest BCUT2D eigenvalue weighted by molar-refractivity contribution is 5.93. The number of benzene rings is 1. The van der Waals surface area contributed by atoms with Crippen LogP contribution in [-0.4, -0.2) is 20.7 Å². The molecule has 0 amide bonds. The maximum Gasteiger partial charge on any atom is 0.315 e. The number of nitrogens with zero attached hydrogens (tertiary/aromatic N) is 3. The SMILES string of the molecule is O=C(c1ccc(-c2ccc(F)cc2)o1)n1cncn1. The molecule has 3 rings (SSSR count). The quantitative estimate of drug-likeness (QED) is 0.707. The van der Waals surface area contributed by atoms with E-state index in [-0.39, 0.29) is 11.6 Å². The number of furan rings is 1. The van der Waals surface area contributed by atoms with Gasteiger partial charge >= 0.3 is 5.91 Å². The van der Waals surface area contributed by atoms with Crippen LogP contribution in [0, 0.1) is 5.82 Å². The number of aromatic nitrogens is 3. The van der Waals surface area contributed by atoms with Crippen LogP contribution in [0.15, 0.2) is 53.5 Å². The van der Waals surface area contributed by atoms with Crippen LogP contribution in [0.1, 0.15) is 10.6 Å². The molecule has 0 aliphatic carbocycles. The maximum absolute atomic E-state index is 12.8. The zero-order chi connectivity index (χ0) is 13.2. The maximum atomic E-state index is 12.8. The molecule has 0 fully saturated rings. The Hall–Kier alpha value is -2.76. The Morgan fingerprint density at radius 3 is 2.63 bits per heavy atom. The smallest absolute Gasteiger partial charge is 0.315 e. The number of rotatable bonds is 2. The third kappa shape index (κ3) is 2.15. The lowest BCUT2D eigenvalue weighted by atomic mass is 10.2. The fourth-order valence-electron chi connectivity index (χ4n) is 1.65. The van der Waals surface area contributed by atoms with Gasteiger partial charge in [-0.3, -0.25) is 4.79 Å². The number of carbonyl (C=O) groups excluding carboxylic acids is 1. The van der Waals surface area contributed by atoms with Crippen LogP contribution < -0.4 is 0 Å². The predicted molar refractivity (Wildman–Crippen MR) is 63.9 cm³/mol. The van der Waals surface area contributed by atoms with Crippen molar-refractivity contribution in [1.82, 2.24) is 14.8 Å².